The number of aromatic nitrogens is 2. The number of para-hydroxylation sites is 1. The van der Waals surface area contributed by atoms with Crippen molar-refractivity contribution in [2.45, 2.75) is 18.8 Å². The van der Waals surface area contributed by atoms with Crippen LogP contribution in [0.5, 0.6) is 0 Å². The number of benzene rings is 1. The number of rotatable bonds is 2. The lowest BCUT2D eigenvalue weighted by atomic mass is 9.98. The highest BCUT2D eigenvalue weighted by Gasteiger charge is 2.27. The molecule has 1 aliphatic heterocycles. The lowest BCUT2D eigenvalue weighted by Gasteiger charge is -2.31. The highest BCUT2D eigenvalue weighted by molar-refractivity contribution is 7.18. The van der Waals surface area contributed by atoms with Gasteiger partial charge in [-0.1, -0.05) is 12.1 Å². The predicted octanol–water partition coefficient (Wildman–Crippen LogP) is 3.00. The third kappa shape index (κ3) is 2.85. The zero-order chi connectivity index (χ0) is 16.5. The molecule has 1 amide bonds. The molecule has 1 atom stereocenters. The van der Waals surface area contributed by atoms with Crippen molar-refractivity contribution in [3.63, 3.8) is 0 Å². The average molecular weight is 339 g/mol. The van der Waals surface area contributed by atoms with Crippen LogP contribution in [0.3, 0.4) is 0 Å². The lowest BCUT2D eigenvalue weighted by molar-refractivity contribution is 0.0706. The normalized spacial score (nSPS) is 18.0. The molecule has 3 aromatic rings. The van der Waals surface area contributed by atoms with Crippen LogP contribution < -0.4 is 5.56 Å². The molecule has 1 aliphatic rings. The summed E-state index contributed by atoms with van der Waals surface area (Å²) in [7, 11) is 0. The molecular weight excluding hydrogens is 322 g/mol. The topological polar surface area (TPSA) is 66.1 Å². The molecule has 1 N–H and O–H groups in total. The smallest absolute Gasteiger partial charge is 0.255 e. The second kappa shape index (κ2) is 6.20. The molecule has 1 saturated heterocycles. The Morgan fingerprint density at radius 3 is 2.92 bits per heavy atom. The summed E-state index contributed by atoms with van der Waals surface area (Å²) in [4.78, 5) is 33.0. The number of hydrogen-bond acceptors (Lipinski definition) is 4. The van der Waals surface area contributed by atoms with Gasteiger partial charge in [-0.05, 0) is 31.0 Å². The van der Waals surface area contributed by atoms with Crippen molar-refractivity contribution in [2.24, 2.45) is 0 Å². The summed E-state index contributed by atoms with van der Waals surface area (Å²) in [5.41, 5.74) is 1.36. The molecule has 0 unspecified atom stereocenters. The number of nitrogens with zero attached hydrogens (tertiary/aromatic N) is 2. The monoisotopic (exact) mass is 339 g/mol. The fourth-order valence-corrected chi connectivity index (χ4v) is 4.25. The molecule has 0 spiro atoms. The van der Waals surface area contributed by atoms with Gasteiger partial charge < -0.3 is 9.88 Å². The number of pyridine rings is 1. The van der Waals surface area contributed by atoms with Crippen LogP contribution in [-0.2, 0) is 0 Å². The zero-order valence-corrected chi connectivity index (χ0v) is 13.9. The van der Waals surface area contributed by atoms with Gasteiger partial charge in [0.1, 0.15) is 0 Å². The molecule has 3 heterocycles. The molecule has 6 heteroatoms. The Morgan fingerprint density at radius 2 is 2.12 bits per heavy atom. The predicted molar refractivity (Wildman–Crippen MR) is 94.6 cm³/mol. The van der Waals surface area contributed by atoms with Crippen molar-refractivity contribution in [1.29, 1.82) is 0 Å². The minimum atomic E-state index is -0.197. The fourth-order valence-electron chi connectivity index (χ4n) is 3.15. The Morgan fingerprint density at radius 1 is 1.25 bits per heavy atom. The summed E-state index contributed by atoms with van der Waals surface area (Å²) >= 11 is 1.72. The molecule has 122 valence electrons. The van der Waals surface area contributed by atoms with E-state index in [0.717, 1.165) is 29.9 Å². The number of likely N-dealkylation sites (tertiary alicyclic amines) is 1. The van der Waals surface area contributed by atoms with Gasteiger partial charge in [-0.15, -0.1) is 11.3 Å². The second-order valence-corrected chi connectivity index (χ2v) is 7.11. The van der Waals surface area contributed by atoms with Crippen molar-refractivity contribution < 1.29 is 4.79 Å². The van der Waals surface area contributed by atoms with E-state index in [9.17, 15) is 9.59 Å². The van der Waals surface area contributed by atoms with Crippen LogP contribution in [0.1, 0.15) is 34.1 Å². The van der Waals surface area contributed by atoms with Gasteiger partial charge >= 0.3 is 0 Å². The van der Waals surface area contributed by atoms with Crippen LogP contribution in [0.4, 0.5) is 0 Å². The summed E-state index contributed by atoms with van der Waals surface area (Å²) in [5.74, 6) is 0.250. The standard InChI is InChI=1S/C18H17N3O2S/c22-16-8-7-12(10-19-16)18(23)21-9-3-4-13(11-21)17-20-14-5-1-2-6-15(14)24-17/h1-2,5-8,10,13H,3-4,9,11H2,(H,19,22)/t13-/m1/s1. The van der Waals surface area contributed by atoms with Gasteiger partial charge in [0.2, 0.25) is 5.56 Å². The number of aromatic amines is 1. The maximum atomic E-state index is 12.6. The Bertz CT molecular complexity index is 893. The Hall–Kier alpha value is -2.47. The van der Waals surface area contributed by atoms with Crippen LogP contribution in [0.25, 0.3) is 10.2 Å². The number of carbonyl (C=O) groups excluding carboxylic acids is 1. The van der Waals surface area contributed by atoms with Crippen LogP contribution in [0, 0.1) is 0 Å². The van der Waals surface area contributed by atoms with Gasteiger partial charge in [-0.25, -0.2) is 4.98 Å². The molecule has 5 nitrogen and oxygen atoms in total. The summed E-state index contributed by atoms with van der Waals surface area (Å²) in [6.45, 7) is 1.43. The number of nitrogens with one attached hydrogen (secondary N) is 1. The van der Waals surface area contributed by atoms with E-state index >= 15 is 0 Å². The SMILES string of the molecule is O=C(c1ccc(=O)[nH]c1)N1CCC[C@@H](c2nc3ccccc3s2)C1. The molecule has 24 heavy (non-hydrogen) atoms. The Labute approximate surface area is 143 Å². The van der Waals surface area contributed by atoms with Crippen LogP contribution in [0.15, 0.2) is 47.4 Å². The van der Waals surface area contributed by atoms with E-state index in [1.165, 1.54) is 17.0 Å². The molecular formula is C18H17N3O2S. The lowest BCUT2D eigenvalue weighted by Crippen LogP contribution is -2.39. The number of amides is 1. The molecule has 2 aromatic heterocycles. The van der Waals surface area contributed by atoms with Crippen molar-refractivity contribution >= 4 is 27.5 Å². The average Bonchev–Trinajstić information content (AvgIpc) is 3.06. The Kier molecular flexibility index (Phi) is 3.90. The van der Waals surface area contributed by atoms with E-state index in [4.69, 9.17) is 4.98 Å². The summed E-state index contributed by atoms with van der Waals surface area (Å²) in [6, 6.07) is 11.1. The van der Waals surface area contributed by atoms with Crippen LogP contribution in [0.2, 0.25) is 0 Å². The van der Waals surface area contributed by atoms with Crippen LogP contribution in [-0.4, -0.2) is 33.9 Å². The summed E-state index contributed by atoms with van der Waals surface area (Å²) in [6.07, 6.45) is 3.51. The first-order valence-corrected chi connectivity index (χ1v) is 8.86. The number of H-pyrrole nitrogens is 1. The first-order valence-electron chi connectivity index (χ1n) is 8.04. The quantitative estimate of drug-likeness (QED) is 0.780. The minimum Gasteiger partial charge on any atom is -0.338 e. The van der Waals surface area contributed by atoms with Gasteiger partial charge in [0.05, 0.1) is 20.8 Å². The molecule has 1 fully saturated rings. The van der Waals surface area contributed by atoms with Gasteiger partial charge in [0.15, 0.2) is 0 Å². The van der Waals surface area contributed by atoms with Crippen molar-refractivity contribution in [3.8, 4) is 0 Å². The van der Waals surface area contributed by atoms with Crippen molar-refractivity contribution in [2.75, 3.05) is 13.1 Å². The van der Waals surface area contributed by atoms with Gasteiger partial charge in [-0.3, -0.25) is 9.59 Å². The first kappa shape index (κ1) is 15.1. The van der Waals surface area contributed by atoms with E-state index in [-0.39, 0.29) is 17.4 Å². The van der Waals surface area contributed by atoms with Crippen molar-refractivity contribution in [3.05, 3.63) is 63.5 Å². The highest BCUT2D eigenvalue weighted by atomic mass is 32.1. The van der Waals surface area contributed by atoms with E-state index < -0.39 is 0 Å². The number of hydrogen-bond donors (Lipinski definition) is 1. The highest BCUT2D eigenvalue weighted by Crippen LogP contribution is 2.33. The molecule has 1 aromatic carbocycles. The minimum absolute atomic E-state index is 0.0305. The summed E-state index contributed by atoms with van der Waals surface area (Å²) in [5, 5.41) is 1.11. The zero-order valence-electron chi connectivity index (χ0n) is 13.1. The molecule has 0 radical (unpaired) electrons. The van der Waals surface area contributed by atoms with Gasteiger partial charge in [0, 0.05) is 31.3 Å². The maximum absolute atomic E-state index is 12.6. The fraction of sp³-hybridized carbons (Fsp3) is 0.278. The molecule has 4 rings (SSSR count). The number of thiazole rings is 1. The van der Waals surface area contributed by atoms with E-state index in [0.29, 0.717) is 12.1 Å². The van der Waals surface area contributed by atoms with Gasteiger partial charge in [-0.2, -0.15) is 0 Å². The number of piperidine rings is 1. The van der Waals surface area contributed by atoms with Crippen molar-refractivity contribution in [1.82, 2.24) is 14.9 Å². The summed E-state index contributed by atoms with van der Waals surface area (Å²) < 4.78 is 1.19. The third-order valence-corrected chi connectivity index (χ3v) is 5.60. The maximum Gasteiger partial charge on any atom is 0.255 e. The van der Waals surface area contributed by atoms with E-state index in [1.54, 1.807) is 17.4 Å². The van der Waals surface area contributed by atoms with Crippen LogP contribution >= 0.6 is 11.3 Å². The first-order chi connectivity index (χ1) is 11.7. The number of carbonyl (C=O) groups is 1. The second-order valence-electron chi connectivity index (χ2n) is 6.05. The number of fused-ring (bicyclic) bond motifs is 1. The van der Waals surface area contributed by atoms with Gasteiger partial charge in [0.25, 0.3) is 5.91 Å². The molecule has 0 aliphatic carbocycles. The largest absolute Gasteiger partial charge is 0.338 e. The Balaban J connectivity index is 1.55. The third-order valence-electron chi connectivity index (χ3n) is 4.40. The van der Waals surface area contributed by atoms with E-state index in [2.05, 4.69) is 11.1 Å². The molecule has 0 saturated carbocycles. The van der Waals surface area contributed by atoms with E-state index in [1.807, 2.05) is 23.1 Å². The molecule has 0 bridgehead atoms.